The van der Waals surface area contributed by atoms with Gasteiger partial charge >= 0.3 is 12.0 Å². The molecule has 5 nitrogen and oxygen atoms in total. The number of benzene rings is 1. The number of esters is 1. The van der Waals surface area contributed by atoms with Crippen molar-refractivity contribution in [3.63, 3.8) is 0 Å². The van der Waals surface area contributed by atoms with Crippen LogP contribution < -0.4 is 10.6 Å². The summed E-state index contributed by atoms with van der Waals surface area (Å²) in [6.07, 6.45) is -0.227. The molecule has 0 aromatic heterocycles. The van der Waals surface area contributed by atoms with Crippen LogP contribution in [0.25, 0.3) is 0 Å². The highest BCUT2D eigenvalue weighted by Crippen LogP contribution is 2.32. The van der Waals surface area contributed by atoms with Crippen molar-refractivity contribution in [3.8, 4) is 0 Å². The molecule has 2 amide bonds. The molecular weight excluding hydrogens is 336 g/mol. The summed E-state index contributed by atoms with van der Waals surface area (Å²) in [7, 11) is 0. The van der Waals surface area contributed by atoms with Crippen molar-refractivity contribution in [1.29, 1.82) is 0 Å². The molecule has 1 atom stereocenters. The van der Waals surface area contributed by atoms with Crippen molar-refractivity contribution in [2.75, 3.05) is 0 Å². The first-order chi connectivity index (χ1) is 9.90. The van der Waals surface area contributed by atoms with Crippen LogP contribution in [0.4, 0.5) is 4.79 Å². The summed E-state index contributed by atoms with van der Waals surface area (Å²) >= 11 is 3.45. The first-order valence-corrected chi connectivity index (χ1v) is 7.43. The standard InChI is InChI=1S/C15H17BrN2O3/c1-8(2)21-14(19)12-9(3)17-15(20)18-13(12)10-6-4-5-7-11(10)16/h4-8,13H,1-3H3,(H2,17,18,20)/t13-/m0/s1. The van der Waals surface area contributed by atoms with Gasteiger partial charge in [0.15, 0.2) is 0 Å². The SMILES string of the molecule is CC1=C(C(=O)OC(C)C)[C@H](c2ccccc2Br)NC(=O)N1. The van der Waals surface area contributed by atoms with E-state index in [2.05, 4.69) is 26.6 Å². The largest absolute Gasteiger partial charge is 0.459 e. The summed E-state index contributed by atoms with van der Waals surface area (Å²) < 4.78 is 6.10. The van der Waals surface area contributed by atoms with Crippen LogP contribution in [0.3, 0.4) is 0 Å². The van der Waals surface area contributed by atoms with Crippen LogP contribution in [0, 0.1) is 0 Å². The van der Waals surface area contributed by atoms with E-state index in [-0.39, 0.29) is 12.1 Å². The smallest absolute Gasteiger partial charge is 0.338 e. The maximum atomic E-state index is 12.3. The fourth-order valence-electron chi connectivity index (χ4n) is 2.18. The van der Waals surface area contributed by atoms with Gasteiger partial charge in [0.2, 0.25) is 0 Å². The summed E-state index contributed by atoms with van der Waals surface area (Å²) in [5.41, 5.74) is 1.72. The van der Waals surface area contributed by atoms with E-state index in [0.717, 1.165) is 10.0 Å². The summed E-state index contributed by atoms with van der Waals surface area (Å²) in [4.78, 5) is 24.1. The maximum absolute atomic E-state index is 12.3. The normalized spacial score (nSPS) is 18.3. The molecular formula is C15H17BrN2O3. The predicted octanol–water partition coefficient (Wildman–Crippen LogP) is 3.03. The molecule has 0 fully saturated rings. The lowest BCUT2D eigenvalue weighted by Gasteiger charge is -2.29. The second-order valence-electron chi connectivity index (χ2n) is 5.05. The Morgan fingerprint density at radius 2 is 2.00 bits per heavy atom. The number of amides is 2. The Bertz CT molecular complexity index is 611. The molecule has 0 saturated heterocycles. The molecule has 2 rings (SSSR count). The lowest BCUT2D eigenvalue weighted by Crippen LogP contribution is -2.45. The Hall–Kier alpha value is -1.82. The molecule has 0 radical (unpaired) electrons. The van der Waals surface area contributed by atoms with Gasteiger partial charge in [-0.15, -0.1) is 0 Å². The lowest BCUT2D eigenvalue weighted by atomic mass is 9.95. The van der Waals surface area contributed by atoms with Crippen LogP contribution in [0.15, 0.2) is 40.0 Å². The number of halogens is 1. The fourth-order valence-corrected chi connectivity index (χ4v) is 2.70. The van der Waals surface area contributed by atoms with Crippen molar-refractivity contribution >= 4 is 27.9 Å². The highest BCUT2D eigenvalue weighted by Gasteiger charge is 2.33. The number of rotatable bonds is 3. The number of hydrogen-bond acceptors (Lipinski definition) is 3. The van der Waals surface area contributed by atoms with E-state index in [1.54, 1.807) is 20.8 Å². The van der Waals surface area contributed by atoms with Gasteiger partial charge in [-0.2, -0.15) is 0 Å². The third-order valence-corrected chi connectivity index (χ3v) is 3.77. The van der Waals surface area contributed by atoms with Gasteiger partial charge in [0.05, 0.1) is 17.7 Å². The number of ether oxygens (including phenoxy) is 1. The molecule has 1 aliphatic rings. The van der Waals surface area contributed by atoms with Crippen molar-refractivity contribution in [2.24, 2.45) is 0 Å². The maximum Gasteiger partial charge on any atom is 0.338 e. The van der Waals surface area contributed by atoms with Gasteiger partial charge in [0.1, 0.15) is 0 Å². The van der Waals surface area contributed by atoms with Gasteiger partial charge in [-0.25, -0.2) is 9.59 Å². The molecule has 6 heteroatoms. The van der Waals surface area contributed by atoms with Gasteiger partial charge in [-0.3, -0.25) is 0 Å². The molecule has 1 aromatic rings. The second-order valence-corrected chi connectivity index (χ2v) is 5.90. The molecule has 0 unspecified atom stereocenters. The number of carbonyl (C=O) groups excluding carboxylic acids is 2. The second kappa shape index (κ2) is 6.30. The number of allylic oxidation sites excluding steroid dienone is 1. The topological polar surface area (TPSA) is 67.4 Å². The van der Waals surface area contributed by atoms with Crippen LogP contribution in [-0.2, 0) is 9.53 Å². The Balaban J connectivity index is 2.46. The van der Waals surface area contributed by atoms with Crippen molar-refractivity contribution in [1.82, 2.24) is 10.6 Å². The quantitative estimate of drug-likeness (QED) is 0.821. The number of carbonyl (C=O) groups is 2. The number of urea groups is 1. The zero-order valence-electron chi connectivity index (χ0n) is 12.1. The van der Waals surface area contributed by atoms with E-state index < -0.39 is 12.0 Å². The van der Waals surface area contributed by atoms with E-state index in [1.807, 2.05) is 24.3 Å². The average Bonchev–Trinajstić information content (AvgIpc) is 2.37. The monoisotopic (exact) mass is 352 g/mol. The average molecular weight is 353 g/mol. The molecule has 112 valence electrons. The molecule has 2 N–H and O–H groups in total. The third-order valence-electron chi connectivity index (χ3n) is 3.05. The van der Waals surface area contributed by atoms with E-state index in [0.29, 0.717) is 11.3 Å². The van der Waals surface area contributed by atoms with Gasteiger partial charge in [-0.05, 0) is 32.4 Å². The lowest BCUT2D eigenvalue weighted by molar-refractivity contribution is -0.143. The van der Waals surface area contributed by atoms with Crippen LogP contribution in [0.5, 0.6) is 0 Å². The van der Waals surface area contributed by atoms with Crippen LogP contribution in [-0.4, -0.2) is 18.1 Å². The van der Waals surface area contributed by atoms with Crippen LogP contribution in [0.1, 0.15) is 32.4 Å². The van der Waals surface area contributed by atoms with Gasteiger partial charge < -0.3 is 15.4 Å². The van der Waals surface area contributed by atoms with E-state index in [1.165, 1.54) is 0 Å². The molecule has 1 aliphatic heterocycles. The number of hydrogen-bond donors (Lipinski definition) is 2. The minimum Gasteiger partial charge on any atom is -0.459 e. The zero-order chi connectivity index (χ0) is 15.6. The third kappa shape index (κ3) is 3.44. The van der Waals surface area contributed by atoms with Gasteiger partial charge in [0.25, 0.3) is 0 Å². The Morgan fingerprint density at radius 1 is 1.33 bits per heavy atom. The first-order valence-electron chi connectivity index (χ1n) is 6.64. The van der Waals surface area contributed by atoms with Gasteiger partial charge in [-0.1, -0.05) is 34.1 Å². The Kier molecular flexibility index (Phi) is 4.67. The van der Waals surface area contributed by atoms with E-state index in [4.69, 9.17) is 4.74 Å². The van der Waals surface area contributed by atoms with Crippen molar-refractivity contribution < 1.29 is 14.3 Å². The minimum atomic E-state index is -0.541. The van der Waals surface area contributed by atoms with Crippen LogP contribution in [0.2, 0.25) is 0 Å². The number of nitrogens with one attached hydrogen (secondary N) is 2. The fraction of sp³-hybridized carbons (Fsp3) is 0.333. The van der Waals surface area contributed by atoms with Crippen LogP contribution >= 0.6 is 15.9 Å². The minimum absolute atomic E-state index is 0.227. The molecule has 21 heavy (non-hydrogen) atoms. The molecule has 0 bridgehead atoms. The van der Waals surface area contributed by atoms with Crippen molar-refractivity contribution in [2.45, 2.75) is 32.9 Å². The zero-order valence-corrected chi connectivity index (χ0v) is 13.7. The summed E-state index contributed by atoms with van der Waals surface area (Å²) in [6.45, 7) is 5.27. The van der Waals surface area contributed by atoms with E-state index >= 15 is 0 Å². The first kappa shape index (κ1) is 15.6. The molecule has 0 spiro atoms. The molecule has 0 aliphatic carbocycles. The molecule has 1 heterocycles. The summed E-state index contributed by atoms with van der Waals surface area (Å²) in [5, 5.41) is 5.39. The Morgan fingerprint density at radius 3 is 2.62 bits per heavy atom. The molecule has 0 saturated carbocycles. The predicted molar refractivity (Wildman–Crippen MR) is 82.5 cm³/mol. The molecule has 1 aromatic carbocycles. The Labute approximate surface area is 131 Å². The summed E-state index contributed by atoms with van der Waals surface area (Å²) in [6, 6.07) is 6.57. The van der Waals surface area contributed by atoms with Crippen molar-refractivity contribution in [3.05, 3.63) is 45.6 Å². The highest BCUT2D eigenvalue weighted by molar-refractivity contribution is 9.10. The highest BCUT2D eigenvalue weighted by atomic mass is 79.9. The summed E-state index contributed by atoms with van der Waals surface area (Å²) in [5.74, 6) is -0.434. The van der Waals surface area contributed by atoms with Gasteiger partial charge in [0, 0.05) is 10.2 Å². The van der Waals surface area contributed by atoms with E-state index in [9.17, 15) is 9.59 Å².